The minimum atomic E-state index is -4.44. The first-order valence-corrected chi connectivity index (χ1v) is 16.0. The van der Waals surface area contributed by atoms with E-state index in [1.165, 1.54) is 6.07 Å². The number of rotatable bonds is 6. The third kappa shape index (κ3) is 5.58. The van der Waals surface area contributed by atoms with Crippen molar-refractivity contribution in [3.8, 4) is 16.9 Å². The molecule has 1 amide bonds. The van der Waals surface area contributed by atoms with Crippen molar-refractivity contribution < 1.29 is 27.1 Å². The van der Waals surface area contributed by atoms with E-state index in [1.807, 2.05) is 54.6 Å². The monoisotopic (exact) mass is 621 g/mol. The third-order valence-electron chi connectivity index (χ3n) is 10.6. The molecule has 3 aromatic carbocycles. The highest BCUT2D eigenvalue weighted by Crippen LogP contribution is 2.46. The third-order valence-corrected chi connectivity index (χ3v) is 10.6. The molecule has 0 bridgehead atoms. The van der Waals surface area contributed by atoms with Gasteiger partial charge in [0, 0.05) is 74.3 Å². The fourth-order valence-corrected chi connectivity index (χ4v) is 8.28. The van der Waals surface area contributed by atoms with E-state index in [9.17, 15) is 18.0 Å². The lowest BCUT2D eigenvalue weighted by Crippen LogP contribution is -2.50. The molecule has 0 spiro atoms. The van der Waals surface area contributed by atoms with Gasteiger partial charge in [0.15, 0.2) is 0 Å². The number of likely N-dealkylation sites (tertiary alicyclic amines) is 2. The Balaban J connectivity index is 1.10. The Hall–Kier alpha value is -3.59. The summed E-state index contributed by atoms with van der Waals surface area (Å²) in [6.07, 6.45) is -0.0858. The summed E-state index contributed by atoms with van der Waals surface area (Å²) in [6.45, 7) is 2.74. The van der Waals surface area contributed by atoms with E-state index in [0.29, 0.717) is 50.1 Å². The molecule has 5 nitrogen and oxygen atoms in total. The maximum Gasteiger partial charge on any atom is 0.416 e. The Bertz CT molecular complexity index is 1510. The summed E-state index contributed by atoms with van der Waals surface area (Å²) in [7, 11) is 1.60. The molecule has 0 N–H and O–H groups in total. The molecular weight excluding hydrogens is 582 g/mol. The van der Waals surface area contributed by atoms with Crippen LogP contribution >= 0.6 is 0 Å². The van der Waals surface area contributed by atoms with Crippen molar-refractivity contribution in [1.82, 2.24) is 9.80 Å². The fraction of sp³-hybridized carbons (Fsp3) is 0.472. The molecule has 45 heavy (non-hydrogen) atoms. The van der Waals surface area contributed by atoms with Gasteiger partial charge in [0.2, 0.25) is 5.67 Å². The topological polar surface area (TPSA) is 36.0 Å². The van der Waals surface area contributed by atoms with Crippen LogP contribution < -0.4 is 9.64 Å². The van der Waals surface area contributed by atoms with E-state index in [2.05, 4.69) is 9.80 Å². The van der Waals surface area contributed by atoms with E-state index in [4.69, 9.17) is 4.74 Å². The van der Waals surface area contributed by atoms with Gasteiger partial charge in [-0.05, 0) is 54.3 Å². The van der Waals surface area contributed by atoms with Crippen LogP contribution in [0.3, 0.4) is 0 Å². The van der Waals surface area contributed by atoms with Crippen LogP contribution in [0.5, 0.6) is 5.75 Å². The van der Waals surface area contributed by atoms with Crippen molar-refractivity contribution in [3.63, 3.8) is 0 Å². The van der Waals surface area contributed by atoms with Crippen molar-refractivity contribution in [1.29, 1.82) is 0 Å². The summed E-state index contributed by atoms with van der Waals surface area (Å²) in [5.41, 5.74) is 0.137. The highest BCUT2D eigenvalue weighted by Gasteiger charge is 2.58. The highest BCUT2D eigenvalue weighted by molar-refractivity contribution is 5.88. The van der Waals surface area contributed by atoms with E-state index in [1.54, 1.807) is 18.1 Å². The molecule has 7 rings (SSSR count). The van der Waals surface area contributed by atoms with E-state index in [-0.39, 0.29) is 18.4 Å². The highest BCUT2D eigenvalue weighted by atomic mass is 19.4. The number of methoxy groups -OCH3 is 1. The van der Waals surface area contributed by atoms with Gasteiger partial charge in [0.05, 0.1) is 12.7 Å². The first kappa shape index (κ1) is 30.1. The summed E-state index contributed by atoms with van der Waals surface area (Å²) in [4.78, 5) is 20.2. The molecule has 4 aliphatic rings. The Morgan fingerprint density at radius 3 is 2.16 bits per heavy atom. The minimum Gasteiger partial charge on any atom is -0.497 e. The second-order valence-electron chi connectivity index (χ2n) is 13.3. The van der Waals surface area contributed by atoms with Gasteiger partial charge in [-0.15, -0.1) is 0 Å². The van der Waals surface area contributed by atoms with E-state index in [0.717, 1.165) is 48.6 Å². The molecule has 1 saturated carbocycles. The number of hydrogen-bond donors (Lipinski definition) is 0. The van der Waals surface area contributed by atoms with Crippen molar-refractivity contribution >= 4 is 11.6 Å². The Labute approximate surface area is 261 Å². The number of carbonyl (C=O) groups excluding carboxylic acids is 1. The molecule has 3 saturated heterocycles. The van der Waals surface area contributed by atoms with Crippen LogP contribution in [-0.2, 0) is 11.0 Å². The summed E-state index contributed by atoms with van der Waals surface area (Å²) >= 11 is 0. The van der Waals surface area contributed by atoms with Gasteiger partial charge in [-0.2, -0.15) is 13.2 Å². The number of ether oxygens (including phenoxy) is 1. The zero-order valence-corrected chi connectivity index (χ0v) is 25.5. The molecule has 9 heteroatoms. The SMILES string of the molecule is COc1ccc([C@@H]2CN(C3CCCC3)C[C@@]2(F)C(=O)N2C[C@@H]3CN(c4ccc(C(F)(F)F)cc4-c4ccccc4)C[C@@H]3C2)cc1. The van der Waals surface area contributed by atoms with Gasteiger partial charge >= 0.3 is 6.18 Å². The average molecular weight is 622 g/mol. The van der Waals surface area contributed by atoms with Crippen LogP contribution in [0.1, 0.15) is 42.7 Å². The van der Waals surface area contributed by atoms with E-state index < -0.39 is 29.2 Å². The number of amides is 1. The second kappa shape index (κ2) is 11.6. The molecular formula is C36H39F4N3O2. The minimum absolute atomic E-state index is 0.108. The van der Waals surface area contributed by atoms with Crippen LogP contribution in [-0.4, -0.2) is 73.8 Å². The molecule has 3 aliphatic heterocycles. The number of carbonyl (C=O) groups is 1. The molecule has 238 valence electrons. The van der Waals surface area contributed by atoms with Gasteiger partial charge in [-0.3, -0.25) is 9.69 Å². The lowest BCUT2D eigenvalue weighted by molar-refractivity contribution is -0.143. The lowest BCUT2D eigenvalue weighted by atomic mass is 9.85. The van der Waals surface area contributed by atoms with Crippen LogP contribution in [0.4, 0.5) is 23.2 Å². The van der Waals surface area contributed by atoms with Gasteiger partial charge in [-0.25, -0.2) is 4.39 Å². The summed E-state index contributed by atoms with van der Waals surface area (Å²) in [6, 6.07) is 20.8. The Morgan fingerprint density at radius 1 is 0.867 bits per heavy atom. The quantitative estimate of drug-likeness (QED) is 0.277. The first-order valence-electron chi connectivity index (χ1n) is 16.0. The van der Waals surface area contributed by atoms with Gasteiger partial charge in [0.1, 0.15) is 5.75 Å². The van der Waals surface area contributed by atoms with Crippen LogP contribution in [0.25, 0.3) is 11.1 Å². The molecule has 0 unspecified atom stereocenters. The second-order valence-corrected chi connectivity index (χ2v) is 13.3. The average Bonchev–Trinajstić information content (AvgIpc) is 3.85. The number of alkyl halides is 4. The zero-order chi connectivity index (χ0) is 31.3. The Morgan fingerprint density at radius 2 is 1.53 bits per heavy atom. The van der Waals surface area contributed by atoms with Crippen molar-refractivity contribution in [2.24, 2.45) is 11.8 Å². The number of nitrogens with zero attached hydrogens (tertiary/aromatic N) is 3. The largest absolute Gasteiger partial charge is 0.497 e. The van der Waals surface area contributed by atoms with E-state index >= 15 is 4.39 Å². The van der Waals surface area contributed by atoms with Gasteiger partial charge in [-0.1, -0.05) is 55.3 Å². The van der Waals surface area contributed by atoms with Gasteiger partial charge in [0.25, 0.3) is 5.91 Å². The van der Waals surface area contributed by atoms with Crippen LogP contribution in [0.2, 0.25) is 0 Å². The number of hydrogen-bond acceptors (Lipinski definition) is 4. The molecule has 4 atom stereocenters. The molecule has 4 fully saturated rings. The molecule has 3 heterocycles. The molecule has 3 aromatic rings. The predicted octanol–water partition coefficient (Wildman–Crippen LogP) is 7.03. The Kier molecular flexibility index (Phi) is 7.79. The number of halogens is 4. The standard InChI is InChI=1S/C36H39F4N3O2/c1-45-30-14-11-25(12-15-30)32-22-43(29-9-5-6-10-29)23-35(32,37)34(44)42-20-26-18-41(19-27(26)21-42)33-16-13-28(36(38,39)40)17-31(33)24-7-3-2-4-8-24/h2-4,7-8,11-17,26-27,29,32H,5-6,9-10,18-23H2,1H3/t26-,27+,32-,35-/m0/s1. The summed E-state index contributed by atoms with van der Waals surface area (Å²) in [5, 5.41) is 0. The summed E-state index contributed by atoms with van der Waals surface area (Å²) < 4.78 is 63.6. The van der Waals surface area contributed by atoms with Gasteiger partial charge < -0.3 is 14.5 Å². The predicted molar refractivity (Wildman–Crippen MR) is 166 cm³/mol. The van der Waals surface area contributed by atoms with Crippen molar-refractivity contribution in [3.05, 3.63) is 83.9 Å². The maximum atomic E-state index is 17.3. The molecule has 0 radical (unpaired) electrons. The molecule has 1 aliphatic carbocycles. The normalized spacial score (nSPS) is 27.4. The number of fused-ring (bicyclic) bond motifs is 1. The molecule has 0 aromatic heterocycles. The van der Waals surface area contributed by atoms with Crippen molar-refractivity contribution in [2.45, 2.75) is 49.5 Å². The fourth-order valence-electron chi connectivity index (χ4n) is 8.28. The smallest absolute Gasteiger partial charge is 0.416 e. The van der Waals surface area contributed by atoms with Crippen LogP contribution in [0.15, 0.2) is 72.8 Å². The van der Waals surface area contributed by atoms with Crippen molar-refractivity contribution in [2.75, 3.05) is 51.3 Å². The number of benzene rings is 3. The zero-order valence-electron chi connectivity index (χ0n) is 25.5. The number of anilines is 1. The maximum absolute atomic E-state index is 17.3. The first-order chi connectivity index (χ1) is 21.6. The lowest BCUT2D eigenvalue weighted by Gasteiger charge is -2.32. The summed E-state index contributed by atoms with van der Waals surface area (Å²) in [5.74, 6) is -0.0515. The van der Waals surface area contributed by atoms with Crippen LogP contribution in [0, 0.1) is 11.8 Å².